The first-order valence-electron chi connectivity index (χ1n) is 6.62. The normalized spacial score (nSPS) is 24.3. The number of benzene rings is 1. The predicted octanol–water partition coefficient (Wildman–Crippen LogP) is 2.66. The van der Waals surface area contributed by atoms with Gasteiger partial charge in [0.25, 0.3) is 0 Å². The molecule has 1 aliphatic carbocycles. The van der Waals surface area contributed by atoms with Crippen molar-refractivity contribution < 1.29 is 14.3 Å². The number of carbonyl (C=O) groups excluding carboxylic acids is 1. The molecule has 3 heteroatoms. The van der Waals surface area contributed by atoms with E-state index in [0.717, 1.165) is 0 Å². The molecule has 3 rings (SSSR count). The van der Waals surface area contributed by atoms with Crippen LogP contribution in [-0.4, -0.2) is 24.8 Å². The van der Waals surface area contributed by atoms with Crippen molar-refractivity contribution in [2.45, 2.75) is 37.4 Å². The van der Waals surface area contributed by atoms with E-state index >= 15 is 0 Å². The summed E-state index contributed by atoms with van der Waals surface area (Å²) in [6, 6.07) is 10.3. The Morgan fingerprint density at radius 3 is 2.22 bits per heavy atom. The third-order valence-electron chi connectivity index (χ3n) is 3.94. The van der Waals surface area contributed by atoms with Crippen molar-refractivity contribution in [3.63, 3.8) is 0 Å². The van der Waals surface area contributed by atoms with Crippen LogP contribution < -0.4 is 0 Å². The number of rotatable bonds is 1. The second kappa shape index (κ2) is 4.82. The van der Waals surface area contributed by atoms with E-state index in [2.05, 4.69) is 12.1 Å². The highest BCUT2D eigenvalue weighted by atomic mass is 16.7. The lowest BCUT2D eigenvalue weighted by Crippen LogP contribution is -2.46. The third kappa shape index (κ3) is 2.33. The van der Waals surface area contributed by atoms with E-state index in [4.69, 9.17) is 9.47 Å². The van der Waals surface area contributed by atoms with Crippen LogP contribution in [0.15, 0.2) is 30.3 Å². The highest BCUT2D eigenvalue weighted by Gasteiger charge is 2.40. The molecule has 1 saturated heterocycles. The molecule has 96 valence electrons. The fraction of sp³-hybridized carbons (Fsp3) is 0.533. The molecular formula is C15H18O3. The minimum absolute atomic E-state index is 0.314. The first kappa shape index (κ1) is 11.9. The van der Waals surface area contributed by atoms with Crippen molar-refractivity contribution >= 4 is 5.78 Å². The van der Waals surface area contributed by atoms with Crippen molar-refractivity contribution in [1.82, 2.24) is 0 Å². The van der Waals surface area contributed by atoms with E-state index in [0.29, 0.717) is 50.6 Å². The quantitative estimate of drug-likeness (QED) is 0.764. The van der Waals surface area contributed by atoms with E-state index in [1.807, 2.05) is 18.2 Å². The Labute approximate surface area is 107 Å². The maximum Gasteiger partial charge on any atom is 0.169 e. The molecule has 0 N–H and O–H groups in total. The number of hydrogen-bond donors (Lipinski definition) is 0. The Morgan fingerprint density at radius 1 is 1.00 bits per heavy atom. The monoisotopic (exact) mass is 246 g/mol. The smallest absolute Gasteiger partial charge is 0.169 e. The Kier molecular flexibility index (Phi) is 3.18. The Balaban J connectivity index is 1.63. The van der Waals surface area contributed by atoms with Gasteiger partial charge in [-0.3, -0.25) is 4.79 Å². The van der Waals surface area contributed by atoms with Gasteiger partial charge in [-0.25, -0.2) is 0 Å². The molecule has 1 heterocycles. The maximum atomic E-state index is 11.3. The van der Waals surface area contributed by atoms with E-state index in [-0.39, 0.29) is 0 Å². The molecule has 1 spiro atoms. The first-order chi connectivity index (χ1) is 8.77. The van der Waals surface area contributed by atoms with Gasteiger partial charge in [0.1, 0.15) is 5.78 Å². The molecule has 1 aromatic carbocycles. The summed E-state index contributed by atoms with van der Waals surface area (Å²) in [7, 11) is 0. The molecule has 3 nitrogen and oxygen atoms in total. The largest absolute Gasteiger partial charge is 0.349 e. The van der Waals surface area contributed by atoms with Crippen LogP contribution in [0.1, 0.15) is 37.2 Å². The third-order valence-corrected chi connectivity index (χ3v) is 3.94. The van der Waals surface area contributed by atoms with E-state index in [9.17, 15) is 4.79 Å². The minimum atomic E-state index is -0.473. The molecule has 0 radical (unpaired) electrons. The van der Waals surface area contributed by atoms with Gasteiger partial charge in [0, 0.05) is 31.6 Å². The second-order valence-electron chi connectivity index (χ2n) is 5.18. The van der Waals surface area contributed by atoms with Crippen LogP contribution in [0.2, 0.25) is 0 Å². The average Bonchev–Trinajstić information content (AvgIpc) is 2.44. The van der Waals surface area contributed by atoms with E-state index in [1.165, 1.54) is 5.56 Å². The van der Waals surface area contributed by atoms with Gasteiger partial charge in [0.05, 0.1) is 13.2 Å². The number of ketones is 1. The fourth-order valence-corrected chi connectivity index (χ4v) is 2.71. The Hall–Kier alpha value is -1.19. The summed E-state index contributed by atoms with van der Waals surface area (Å²) >= 11 is 0. The lowest BCUT2D eigenvalue weighted by Gasteiger charge is -2.42. The number of Topliss-reactive ketones (excluding diaryl/α,β-unsaturated/α-hetero) is 1. The number of ether oxygens (including phenoxy) is 2. The molecule has 1 aliphatic heterocycles. The summed E-state index contributed by atoms with van der Waals surface area (Å²) in [5.74, 6) is 0.173. The minimum Gasteiger partial charge on any atom is -0.349 e. The zero-order valence-corrected chi connectivity index (χ0v) is 10.4. The second-order valence-corrected chi connectivity index (χ2v) is 5.18. The van der Waals surface area contributed by atoms with Crippen molar-refractivity contribution in [2.75, 3.05) is 13.2 Å². The van der Waals surface area contributed by atoms with Gasteiger partial charge < -0.3 is 9.47 Å². The zero-order valence-electron chi connectivity index (χ0n) is 10.4. The summed E-state index contributed by atoms with van der Waals surface area (Å²) < 4.78 is 11.9. The van der Waals surface area contributed by atoms with Gasteiger partial charge in [-0.15, -0.1) is 0 Å². The SMILES string of the molecule is O=C1CCC2(CC1)OCC(c1ccccc1)CO2. The van der Waals surface area contributed by atoms with Gasteiger partial charge in [0.2, 0.25) is 0 Å². The predicted molar refractivity (Wildman–Crippen MR) is 67.3 cm³/mol. The zero-order chi connectivity index (χ0) is 12.4. The van der Waals surface area contributed by atoms with Crippen LogP contribution in [0.5, 0.6) is 0 Å². The van der Waals surface area contributed by atoms with Crippen molar-refractivity contribution in [1.29, 1.82) is 0 Å². The molecule has 2 aliphatic rings. The molecule has 18 heavy (non-hydrogen) atoms. The number of carbonyl (C=O) groups is 1. The molecule has 0 aromatic heterocycles. The molecule has 0 amide bonds. The van der Waals surface area contributed by atoms with Crippen molar-refractivity contribution in [2.24, 2.45) is 0 Å². The van der Waals surface area contributed by atoms with Gasteiger partial charge in [-0.2, -0.15) is 0 Å². The molecular weight excluding hydrogens is 228 g/mol. The first-order valence-corrected chi connectivity index (χ1v) is 6.62. The fourth-order valence-electron chi connectivity index (χ4n) is 2.71. The van der Waals surface area contributed by atoms with Crippen LogP contribution in [0, 0.1) is 0 Å². The molecule has 0 unspecified atom stereocenters. The van der Waals surface area contributed by atoms with Gasteiger partial charge in [-0.05, 0) is 5.56 Å². The van der Waals surface area contributed by atoms with Gasteiger partial charge >= 0.3 is 0 Å². The van der Waals surface area contributed by atoms with Gasteiger partial charge in [-0.1, -0.05) is 30.3 Å². The molecule has 1 aromatic rings. The highest BCUT2D eigenvalue weighted by Crippen LogP contribution is 2.37. The van der Waals surface area contributed by atoms with Gasteiger partial charge in [0.15, 0.2) is 5.79 Å². The number of hydrogen-bond acceptors (Lipinski definition) is 3. The molecule has 0 atom stereocenters. The highest BCUT2D eigenvalue weighted by molar-refractivity contribution is 5.79. The summed E-state index contributed by atoms with van der Waals surface area (Å²) in [5.41, 5.74) is 1.26. The standard InChI is InChI=1S/C15H18O3/c16-14-6-8-15(9-7-14)17-10-13(11-18-15)12-4-2-1-3-5-12/h1-5,13H,6-11H2. The maximum absolute atomic E-state index is 11.3. The lowest BCUT2D eigenvalue weighted by molar-refractivity contribution is -0.283. The summed E-state index contributed by atoms with van der Waals surface area (Å²) in [6.45, 7) is 1.39. The molecule has 0 bridgehead atoms. The van der Waals surface area contributed by atoms with Crippen LogP contribution in [0.4, 0.5) is 0 Å². The molecule has 1 saturated carbocycles. The molecule has 2 fully saturated rings. The summed E-state index contributed by atoms with van der Waals surface area (Å²) in [6.07, 6.45) is 2.62. The summed E-state index contributed by atoms with van der Waals surface area (Å²) in [5, 5.41) is 0. The average molecular weight is 246 g/mol. The van der Waals surface area contributed by atoms with Crippen LogP contribution >= 0.6 is 0 Å². The van der Waals surface area contributed by atoms with Crippen LogP contribution in [0.25, 0.3) is 0 Å². The summed E-state index contributed by atoms with van der Waals surface area (Å²) in [4.78, 5) is 11.3. The van der Waals surface area contributed by atoms with E-state index in [1.54, 1.807) is 0 Å². The Morgan fingerprint density at radius 2 is 1.61 bits per heavy atom. The topological polar surface area (TPSA) is 35.5 Å². The lowest BCUT2D eigenvalue weighted by atomic mass is 9.91. The van der Waals surface area contributed by atoms with E-state index < -0.39 is 5.79 Å². The van der Waals surface area contributed by atoms with Crippen LogP contribution in [-0.2, 0) is 14.3 Å². The van der Waals surface area contributed by atoms with Crippen molar-refractivity contribution in [3.8, 4) is 0 Å². The van der Waals surface area contributed by atoms with Crippen LogP contribution in [0.3, 0.4) is 0 Å². The van der Waals surface area contributed by atoms with Crippen molar-refractivity contribution in [3.05, 3.63) is 35.9 Å². The Bertz CT molecular complexity index is 407.